The number of amides is 1. The summed E-state index contributed by atoms with van der Waals surface area (Å²) >= 11 is 0. The Morgan fingerprint density at radius 1 is 1.18 bits per heavy atom. The Morgan fingerprint density at radius 2 is 1.89 bits per heavy atom. The maximum Gasteiger partial charge on any atom is 0.322 e. The lowest BCUT2D eigenvalue weighted by molar-refractivity contribution is 0.0999. The molecular weight excluding hydrogens is 368 g/mol. The van der Waals surface area contributed by atoms with Crippen LogP contribution in [0.25, 0.3) is 16.6 Å². The third-order valence-electron chi connectivity index (χ3n) is 5.12. The highest BCUT2D eigenvalue weighted by molar-refractivity contribution is 5.95. The van der Waals surface area contributed by atoms with Crippen molar-refractivity contribution in [3.63, 3.8) is 0 Å². The Balaban J connectivity index is 2.06. The van der Waals surface area contributed by atoms with Crippen molar-refractivity contribution >= 4 is 17.1 Å². The van der Waals surface area contributed by atoms with Crippen molar-refractivity contribution < 1.29 is 13.6 Å². The predicted octanol–water partition coefficient (Wildman–Crippen LogP) is 3.92. The molecule has 1 aromatic carbocycles. The zero-order valence-corrected chi connectivity index (χ0v) is 14.8. The van der Waals surface area contributed by atoms with E-state index in [1.807, 2.05) is 0 Å². The Hall–Kier alpha value is -3.42. The molecule has 1 aliphatic rings. The van der Waals surface area contributed by atoms with Crippen LogP contribution in [0.5, 0.6) is 0 Å². The van der Waals surface area contributed by atoms with Crippen LogP contribution in [-0.2, 0) is 0 Å². The second kappa shape index (κ2) is 6.33. The van der Waals surface area contributed by atoms with Crippen LogP contribution >= 0.6 is 0 Å². The minimum atomic E-state index is -1.13. The van der Waals surface area contributed by atoms with Crippen molar-refractivity contribution in [1.82, 2.24) is 4.40 Å². The van der Waals surface area contributed by atoms with Crippen LogP contribution in [0.15, 0.2) is 40.4 Å². The number of carbonyl (C=O) groups is 1. The smallest absolute Gasteiger partial charge is 0.322 e. The molecule has 2 N–H and O–H groups in total. The average molecular weight is 383 g/mol. The molecule has 2 heterocycles. The number of anilines is 1. The summed E-state index contributed by atoms with van der Waals surface area (Å²) in [4.78, 5) is 35.1. The number of halogens is 2. The molecule has 0 aliphatic heterocycles. The molecule has 0 spiro atoms. The first kappa shape index (κ1) is 18.0. The number of nitrogens with two attached hydrogens (primary N) is 1. The molecule has 0 unspecified atom stereocenters. The number of benzene rings is 1. The van der Waals surface area contributed by atoms with Gasteiger partial charge in [0.2, 0.25) is 0 Å². The molecule has 0 radical (unpaired) electrons. The molecule has 6 nitrogen and oxygen atoms in total. The van der Waals surface area contributed by atoms with Gasteiger partial charge in [0.05, 0.1) is 11.2 Å². The Morgan fingerprint density at radius 3 is 2.54 bits per heavy atom. The average Bonchev–Trinajstić information content (AvgIpc) is 3.50. The fourth-order valence-electron chi connectivity index (χ4n) is 3.57. The van der Waals surface area contributed by atoms with E-state index < -0.39 is 23.1 Å². The number of hydrogen-bond donors (Lipinski definition) is 1. The highest BCUT2D eigenvalue weighted by atomic mass is 19.1. The van der Waals surface area contributed by atoms with Gasteiger partial charge in [-0.1, -0.05) is 0 Å². The van der Waals surface area contributed by atoms with Gasteiger partial charge in [0, 0.05) is 23.0 Å². The van der Waals surface area contributed by atoms with Crippen LogP contribution in [-0.4, -0.2) is 10.3 Å². The Bertz CT molecular complexity index is 1230. The van der Waals surface area contributed by atoms with E-state index >= 15 is 0 Å². The molecule has 2 aromatic heterocycles. The quantitative estimate of drug-likeness (QED) is 0.548. The molecule has 0 bridgehead atoms. The van der Waals surface area contributed by atoms with Gasteiger partial charge in [-0.3, -0.25) is 14.0 Å². The topological polar surface area (TPSA) is 94.0 Å². The number of aryl methyl sites for hydroxylation is 1. The fourth-order valence-corrected chi connectivity index (χ4v) is 3.57. The molecular formula is C20H15F2N3O3. The second-order valence-corrected chi connectivity index (χ2v) is 6.92. The Kier molecular flexibility index (Phi) is 4.06. The Labute approximate surface area is 157 Å². The predicted molar refractivity (Wildman–Crippen MR) is 100 cm³/mol. The summed E-state index contributed by atoms with van der Waals surface area (Å²) in [6.45, 7) is 1.70. The van der Waals surface area contributed by atoms with Crippen molar-refractivity contribution in [1.29, 1.82) is 0 Å². The number of pyridine rings is 2. The molecule has 3 aromatic rings. The van der Waals surface area contributed by atoms with E-state index in [1.165, 1.54) is 22.7 Å². The highest BCUT2D eigenvalue weighted by Crippen LogP contribution is 2.43. The van der Waals surface area contributed by atoms with Gasteiger partial charge in [-0.25, -0.2) is 8.78 Å². The minimum Gasteiger partial charge on any atom is -0.396 e. The molecule has 28 heavy (non-hydrogen) atoms. The third-order valence-corrected chi connectivity index (χ3v) is 5.12. The zero-order chi connectivity index (χ0) is 20.2. The highest BCUT2D eigenvalue weighted by Gasteiger charge is 2.30. The molecule has 4 rings (SSSR count). The van der Waals surface area contributed by atoms with Crippen molar-refractivity contribution in [2.24, 2.45) is 5.18 Å². The van der Waals surface area contributed by atoms with Gasteiger partial charge in [-0.05, 0) is 60.6 Å². The number of carbonyl (C=O) groups excluding carboxylic acids is 1. The van der Waals surface area contributed by atoms with Crippen molar-refractivity contribution in [3.05, 3.63) is 74.0 Å². The summed E-state index contributed by atoms with van der Waals surface area (Å²) in [5.41, 5.74) is 6.37. The number of nitroso groups, excluding NO2 is 1. The molecule has 142 valence electrons. The summed E-state index contributed by atoms with van der Waals surface area (Å²) in [5.74, 6) is -2.43. The monoisotopic (exact) mass is 383 g/mol. The lowest BCUT2D eigenvalue weighted by Crippen LogP contribution is -2.23. The molecule has 1 fully saturated rings. The van der Waals surface area contributed by atoms with Gasteiger partial charge in [0.1, 0.15) is 17.2 Å². The van der Waals surface area contributed by atoms with Gasteiger partial charge in [-0.15, -0.1) is 4.91 Å². The first-order valence-corrected chi connectivity index (χ1v) is 8.65. The van der Waals surface area contributed by atoms with Gasteiger partial charge >= 0.3 is 5.91 Å². The summed E-state index contributed by atoms with van der Waals surface area (Å²) in [7, 11) is 0. The number of nitrogen functional groups attached to an aromatic ring is 1. The normalized spacial score (nSPS) is 13.7. The van der Waals surface area contributed by atoms with E-state index in [9.17, 15) is 23.3 Å². The van der Waals surface area contributed by atoms with E-state index in [1.54, 1.807) is 6.92 Å². The molecule has 0 saturated heterocycles. The maximum atomic E-state index is 14.5. The van der Waals surface area contributed by atoms with Crippen LogP contribution in [0, 0.1) is 23.5 Å². The van der Waals surface area contributed by atoms with Gasteiger partial charge in [0.15, 0.2) is 0 Å². The van der Waals surface area contributed by atoms with Crippen LogP contribution < -0.4 is 11.3 Å². The van der Waals surface area contributed by atoms with Crippen LogP contribution in [0.4, 0.5) is 14.5 Å². The summed E-state index contributed by atoms with van der Waals surface area (Å²) in [6, 6.07) is 4.80. The van der Waals surface area contributed by atoms with Crippen LogP contribution in [0.1, 0.15) is 40.2 Å². The third kappa shape index (κ3) is 2.69. The molecule has 1 saturated carbocycles. The fraction of sp³-hybridized carbons (Fsp3) is 0.200. The zero-order valence-electron chi connectivity index (χ0n) is 14.8. The summed E-state index contributed by atoms with van der Waals surface area (Å²) in [6.07, 6.45) is 3.12. The SMILES string of the molecule is Cc1c(-c2cc(F)c(N)cc2F)ccn2c(=O)c(C(=O)N=O)cc(C3CC3)c12. The lowest BCUT2D eigenvalue weighted by atomic mass is 9.96. The van der Waals surface area contributed by atoms with Crippen molar-refractivity contribution in [2.45, 2.75) is 25.7 Å². The van der Waals surface area contributed by atoms with E-state index in [2.05, 4.69) is 5.18 Å². The standard InChI is InChI=1S/C20H15F2N3O3/c1-9-11(13-7-16(22)17(23)8-15(13)21)4-5-25-18(9)12(10-2-3-10)6-14(20(25)27)19(26)24-28/h4-8,10H,2-3,23H2,1H3. The van der Waals surface area contributed by atoms with Crippen LogP contribution in [0.2, 0.25) is 0 Å². The number of rotatable bonds is 3. The minimum absolute atomic E-state index is 0.0237. The number of fused-ring (bicyclic) bond motifs is 1. The van der Waals surface area contributed by atoms with Gasteiger partial charge < -0.3 is 5.73 Å². The summed E-state index contributed by atoms with van der Waals surface area (Å²) < 4.78 is 29.6. The first-order valence-electron chi connectivity index (χ1n) is 8.65. The molecule has 0 atom stereocenters. The van der Waals surface area contributed by atoms with E-state index in [-0.39, 0.29) is 22.7 Å². The van der Waals surface area contributed by atoms with Crippen molar-refractivity contribution in [2.75, 3.05) is 5.73 Å². The molecule has 1 aliphatic carbocycles. The number of hydrogen-bond acceptors (Lipinski definition) is 4. The van der Waals surface area contributed by atoms with E-state index in [0.29, 0.717) is 22.2 Å². The number of aromatic nitrogens is 1. The second-order valence-electron chi connectivity index (χ2n) is 6.92. The molecule has 1 amide bonds. The maximum absolute atomic E-state index is 14.5. The van der Waals surface area contributed by atoms with Crippen molar-refractivity contribution in [3.8, 4) is 11.1 Å². The largest absolute Gasteiger partial charge is 0.396 e. The van der Waals surface area contributed by atoms with Gasteiger partial charge in [-0.2, -0.15) is 0 Å². The summed E-state index contributed by atoms with van der Waals surface area (Å²) in [5, 5.41) is 2.36. The van der Waals surface area contributed by atoms with E-state index in [0.717, 1.165) is 25.0 Å². The van der Waals surface area contributed by atoms with Gasteiger partial charge in [0.25, 0.3) is 5.56 Å². The lowest BCUT2D eigenvalue weighted by Gasteiger charge is -2.16. The van der Waals surface area contributed by atoms with Crippen LogP contribution in [0.3, 0.4) is 0 Å². The first-order chi connectivity index (χ1) is 13.3. The van der Waals surface area contributed by atoms with E-state index in [4.69, 9.17) is 5.73 Å². The number of nitrogens with zero attached hydrogens (tertiary/aromatic N) is 2. The molecule has 8 heteroatoms.